The summed E-state index contributed by atoms with van der Waals surface area (Å²) in [4.78, 5) is 18.9. The maximum absolute atomic E-state index is 14.0. The Morgan fingerprint density at radius 2 is 1.49 bits per heavy atom. The molecule has 0 unspecified atom stereocenters. The SMILES string of the molecule is CCOC(=O)/C(=C(/C)c1ccc(OCCOc2c(Cl)cc(C)cc2Cl)cc1)[C@@H]1CN(Cc2ccccc2)C[C@H](C)N1[C@@H](C)c1ccccc1. The van der Waals surface area contributed by atoms with E-state index in [-0.39, 0.29) is 30.7 Å². The molecule has 0 aromatic heterocycles. The number of allylic oxidation sites excluding steroid dienone is 1. The average Bonchev–Trinajstić information content (AvgIpc) is 3.08. The lowest BCUT2D eigenvalue weighted by atomic mass is 9.89. The van der Waals surface area contributed by atoms with Crippen molar-refractivity contribution in [1.29, 1.82) is 0 Å². The molecule has 5 rings (SSSR count). The molecule has 4 aromatic rings. The van der Waals surface area contributed by atoms with Crippen LogP contribution in [0.25, 0.3) is 5.57 Å². The number of esters is 1. The summed E-state index contributed by atoms with van der Waals surface area (Å²) >= 11 is 12.6. The van der Waals surface area contributed by atoms with E-state index in [0.717, 1.165) is 29.8 Å². The molecule has 0 saturated carbocycles. The number of hydrogen-bond acceptors (Lipinski definition) is 6. The van der Waals surface area contributed by atoms with Gasteiger partial charge in [0.1, 0.15) is 19.0 Å². The van der Waals surface area contributed by atoms with Crippen LogP contribution in [0.5, 0.6) is 11.5 Å². The highest BCUT2D eigenvalue weighted by atomic mass is 35.5. The fraction of sp³-hybridized carbons (Fsp3) is 0.341. The molecular weight excluding hydrogens is 655 g/mol. The van der Waals surface area contributed by atoms with Crippen molar-refractivity contribution in [3.63, 3.8) is 0 Å². The van der Waals surface area contributed by atoms with Gasteiger partial charge in [-0.15, -0.1) is 0 Å². The summed E-state index contributed by atoms with van der Waals surface area (Å²) in [6.45, 7) is 13.6. The highest BCUT2D eigenvalue weighted by Gasteiger charge is 2.40. The van der Waals surface area contributed by atoms with E-state index in [2.05, 4.69) is 72.2 Å². The van der Waals surface area contributed by atoms with Crippen molar-refractivity contribution >= 4 is 34.7 Å². The molecule has 3 atom stereocenters. The zero-order chi connectivity index (χ0) is 34.9. The molecule has 6 nitrogen and oxygen atoms in total. The molecule has 1 aliphatic rings. The first-order valence-electron chi connectivity index (χ1n) is 16.9. The summed E-state index contributed by atoms with van der Waals surface area (Å²) in [7, 11) is 0. The van der Waals surface area contributed by atoms with Crippen LogP contribution in [0.4, 0.5) is 0 Å². The molecule has 1 fully saturated rings. The van der Waals surface area contributed by atoms with E-state index in [1.807, 2.05) is 69.3 Å². The minimum absolute atomic E-state index is 0.0833. The molecule has 0 aliphatic carbocycles. The summed E-state index contributed by atoms with van der Waals surface area (Å²) in [5.74, 6) is 0.864. The van der Waals surface area contributed by atoms with Gasteiger partial charge in [0.25, 0.3) is 0 Å². The second-order valence-corrected chi connectivity index (χ2v) is 13.4. The van der Waals surface area contributed by atoms with E-state index in [4.69, 9.17) is 37.4 Å². The minimum atomic E-state index is -0.282. The van der Waals surface area contributed by atoms with E-state index in [0.29, 0.717) is 46.9 Å². The zero-order valence-electron chi connectivity index (χ0n) is 29.0. The van der Waals surface area contributed by atoms with E-state index in [1.165, 1.54) is 11.1 Å². The Balaban J connectivity index is 1.41. The van der Waals surface area contributed by atoms with Gasteiger partial charge in [0.2, 0.25) is 0 Å². The summed E-state index contributed by atoms with van der Waals surface area (Å²) in [5.41, 5.74) is 5.95. The summed E-state index contributed by atoms with van der Waals surface area (Å²) < 4.78 is 17.6. The van der Waals surface area contributed by atoms with Crippen molar-refractivity contribution in [1.82, 2.24) is 9.80 Å². The van der Waals surface area contributed by atoms with E-state index < -0.39 is 0 Å². The second kappa shape index (κ2) is 17.2. The largest absolute Gasteiger partial charge is 0.490 e. The number of nitrogens with zero attached hydrogens (tertiary/aromatic N) is 2. The lowest BCUT2D eigenvalue weighted by molar-refractivity contribution is -0.140. The Morgan fingerprint density at radius 3 is 2.12 bits per heavy atom. The molecule has 258 valence electrons. The third kappa shape index (κ3) is 9.25. The first kappa shape index (κ1) is 36.5. The first-order chi connectivity index (χ1) is 23.7. The van der Waals surface area contributed by atoms with Crippen LogP contribution in [0.1, 0.15) is 56.0 Å². The van der Waals surface area contributed by atoms with Crippen LogP contribution in [0.15, 0.2) is 103 Å². The fourth-order valence-electron chi connectivity index (χ4n) is 6.79. The monoisotopic (exact) mass is 700 g/mol. The first-order valence-corrected chi connectivity index (χ1v) is 17.7. The van der Waals surface area contributed by atoms with Gasteiger partial charge in [-0.25, -0.2) is 4.79 Å². The van der Waals surface area contributed by atoms with Gasteiger partial charge in [-0.3, -0.25) is 9.80 Å². The molecule has 8 heteroatoms. The van der Waals surface area contributed by atoms with E-state index >= 15 is 0 Å². The van der Waals surface area contributed by atoms with Crippen LogP contribution in [-0.2, 0) is 16.1 Å². The fourth-order valence-corrected chi connectivity index (χ4v) is 7.49. The van der Waals surface area contributed by atoms with Gasteiger partial charge in [-0.05, 0) is 86.7 Å². The summed E-state index contributed by atoms with van der Waals surface area (Å²) in [6.07, 6.45) is 0. The third-order valence-electron chi connectivity index (χ3n) is 9.06. The van der Waals surface area contributed by atoms with Gasteiger partial charge in [0, 0.05) is 31.7 Å². The van der Waals surface area contributed by atoms with Gasteiger partial charge >= 0.3 is 5.97 Å². The number of carbonyl (C=O) groups excluding carboxylic acids is 1. The lowest BCUT2D eigenvalue weighted by Crippen LogP contribution is -2.59. The van der Waals surface area contributed by atoms with Gasteiger partial charge in [-0.2, -0.15) is 0 Å². The molecule has 0 radical (unpaired) electrons. The lowest BCUT2D eigenvalue weighted by Gasteiger charge is -2.49. The van der Waals surface area contributed by atoms with E-state index in [1.54, 1.807) is 0 Å². The van der Waals surface area contributed by atoms with Crippen LogP contribution in [0.3, 0.4) is 0 Å². The van der Waals surface area contributed by atoms with Crippen LogP contribution in [0.2, 0.25) is 10.0 Å². The quantitative estimate of drug-likeness (QED) is 0.0787. The molecule has 1 saturated heterocycles. The topological polar surface area (TPSA) is 51.2 Å². The van der Waals surface area contributed by atoms with Gasteiger partial charge in [0.15, 0.2) is 5.75 Å². The van der Waals surface area contributed by atoms with Crippen LogP contribution >= 0.6 is 23.2 Å². The predicted molar refractivity (Wildman–Crippen MR) is 200 cm³/mol. The molecule has 49 heavy (non-hydrogen) atoms. The molecule has 0 bridgehead atoms. The maximum Gasteiger partial charge on any atom is 0.335 e. The smallest absolute Gasteiger partial charge is 0.335 e. The van der Waals surface area contributed by atoms with Crippen molar-refractivity contribution in [2.75, 3.05) is 32.9 Å². The standard InChI is InChI=1S/C41H46Cl2N2O4/c1-6-47-41(46)39(30(4)33-17-19-35(20-18-33)48-21-22-49-40-36(42)23-28(2)24-37(40)43)38-27-44(26-32-13-9-7-10-14-32)25-29(3)45(38)31(5)34-15-11-8-12-16-34/h7-20,23-24,29,31,38H,6,21-22,25-27H2,1-5H3/b39-30-/t29-,31-,38-/m0/s1. The molecule has 1 aliphatic heterocycles. The van der Waals surface area contributed by atoms with E-state index in [9.17, 15) is 4.79 Å². The predicted octanol–water partition coefficient (Wildman–Crippen LogP) is 9.43. The molecule has 4 aromatic carbocycles. The summed E-state index contributed by atoms with van der Waals surface area (Å²) in [6, 6.07) is 32.6. The normalized spacial score (nSPS) is 18.0. The number of carbonyl (C=O) groups is 1. The van der Waals surface area contributed by atoms with Crippen LogP contribution in [0, 0.1) is 6.92 Å². The molecule has 0 spiro atoms. The number of hydrogen-bond donors (Lipinski definition) is 0. The number of ether oxygens (including phenoxy) is 3. The van der Waals surface area contributed by atoms with Crippen molar-refractivity contribution in [2.45, 2.75) is 59.3 Å². The van der Waals surface area contributed by atoms with Gasteiger partial charge in [-0.1, -0.05) is 96.0 Å². The Hall–Kier alpha value is -3.81. The second-order valence-electron chi connectivity index (χ2n) is 12.6. The van der Waals surface area contributed by atoms with Crippen LogP contribution in [-0.4, -0.2) is 60.8 Å². The minimum Gasteiger partial charge on any atom is -0.490 e. The molecule has 0 amide bonds. The number of benzene rings is 4. The zero-order valence-corrected chi connectivity index (χ0v) is 30.5. The Morgan fingerprint density at radius 1 is 0.878 bits per heavy atom. The Labute approximate surface area is 301 Å². The highest BCUT2D eigenvalue weighted by Crippen LogP contribution is 2.36. The molecule has 0 N–H and O–H groups in total. The molecule has 1 heterocycles. The summed E-state index contributed by atoms with van der Waals surface area (Å²) in [5, 5.41) is 0.947. The van der Waals surface area contributed by atoms with Crippen LogP contribution < -0.4 is 9.47 Å². The maximum atomic E-state index is 14.0. The number of halogens is 2. The van der Waals surface area contributed by atoms with Crippen molar-refractivity contribution in [3.05, 3.63) is 135 Å². The third-order valence-corrected chi connectivity index (χ3v) is 9.62. The Kier molecular flexibility index (Phi) is 12.8. The van der Waals surface area contributed by atoms with Gasteiger partial charge in [0.05, 0.1) is 28.3 Å². The number of aryl methyl sites for hydroxylation is 1. The average molecular weight is 702 g/mol. The van der Waals surface area contributed by atoms with Crippen molar-refractivity contribution in [3.8, 4) is 11.5 Å². The van der Waals surface area contributed by atoms with Crippen molar-refractivity contribution in [2.24, 2.45) is 0 Å². The number of piperazine rings is 1. The van der Waals surface area contributed by atoms with Crippen molar-refractivity contribution < 1.29 is 19.0 Å². The highest BCUT2D eigenvalue weighted by molar-refractivity contribution is 6.37. The Bertz CT molecular complexity index is 1690. The molecular formula is C41H46Cl2N2O4. The van der Waals surface area contributed by atoms with Gasteiger partial charge < -0.3 is 14.2 Å². The number of rotatable bonds is 13.